The lowest BCUT2D eigenvalue weighted by atomic mass is 9.79. The van der Waals surface area contributed by atoms with E-state index in [9.17, 15) is 4.79 Å². The summed E-state index contributed by atoms with van der Waals surface area (Å²) in [5.41, 5.74) is 0.766. The second-order valence-electron chi connectivity index (χ2n) is 5.00. The summed E-state index contributed by atoms with van der Waals surface area (Å²) in [6.07, 6.45) is 3.22. The molecule has 18 heavy (non-hydrogen) atoms. The van der Waals surface area contributed by atoms with Crippen LogP contribution in [0.3, 0.4) is 0 Å². The predicted molar refractivity (Wildman–Crippen MR) is 69.9 cm³/mol. The fourth-order valence-corrected chi connectivity index (χ4v) is 2.04. The van der Waals surface area contributed by atoms with Crippen molar-refractivity contribution in [2.45, 2.75) is 38.6 Å². The van der Waals surface area contributed by atoms with Gasteiger partial charge in [0.1, 0.15) is 0 Å². The van der Waals surface area contributed by atoms with E-state index in [4.69, 9.17) is 4.74 Å². The maximum Gasteiger partial charge on any atom is 0.320 e. The van der Waals surface area contributed by atoms with Gasteiger partial charge in [-0.2, -0.15) is 0 Å². The van der Waals surface area contributed by atoms with E-state index in [1.807, 2.05) is 13.0 Å². The fourth-order valence-electron chi connectivity index (χ4n) is 2.04. The maximum absolute atomic E-state index is 11.9. The van der Waals surface area contributed by atoms with Gasteiger partial charge in [0, 0.05) is 11.2 Å². The largest absolute Gasteiger partial charge is 0.493 e. The van der Waals surface area contributed by atoms with Crippen LogP contribution in [0.5, 0.6) is 5.75 Å². The number of pyridine rings is 1. The number of urea groups is 1. The summed E-state index contributed by atoms with van der Waals surface area (Å²) in [5.74, 6) is 1.02. The molecule has 2 rings (SSSR count). The number of nitrogens with zero attached hydrogens (tertiary/aromatic N) is 1. The molecule has 2 amide bonds. The van der Waals surface area contributed by atoms with Gasteiger partial charge in [-0.25, -0.2) is 9.78 Å². The molecule has 0 radical (unpaired) electrons. The van der Waals surface area contributed by atoms with Crippen LogP contribution in [0.1, 0.15) is 31.9 Å². The molecule has 2 N–H and O–H groups in total. The Morgan fingerprint density at radius 2 is 2.17 bits per heavy atom. The van der Waals surface area contributed by atoms with Gasteiger partial charge >= 0.3 is 6.03 Å². The molecule has 1 aliphatic rings. The van der Waals surface area contributed by atoms with Crippen LogP contribution >= 0.6 is 0 Å². The van der Waals surface area contributed by atoms with E-state index >= 15 is 0 Å². The van der Waals surface area contributed by atoms with Crippen molar-refractivity contribution < 1.29 is 9.53 Å². The molecule has 1 aromatic rings. The van der Waals surface area contributed by atoms with Crippen LogP contribution in [0.25, 0.3) is 0 Å². The van der Waals surface area contributed by atoms with E-state index in [0.29, 0.717) is 11.6 Å². The van der Waals surface area contributed by atoms with Gasteiger partial charge in [0.2, 0.25) is 0 Å². The lowest BCUT2D eigenvalue weighted by molar-refractivity contribution is 0.200. The first-order chi connectivity index (χ1) is 8.52. The highest BCUT2D eigenvalue weighted by Crippen LogP contribution is 2.31. The summed E-state index contributed by atoms with van der Waals surface area (Å²) in [7, 11) is 1.56. The number of anilines is 1. The van der Waals surface area contributed by atoms with Crippen LogP contribution < -0.4 is 15.4 Å². The number of carbonyl (C=O) groups is 1. The topological polar surface area (TPSA) is 63.2 Å². The normalized spacial score (nSPS) is 16.6. The minimum absolute atomic E-state index is 0.0683. The number of hydrogen-bond acceptors (Lipinski definition) is 3. The van der Waals surface area contributed by atoms with E-state index < -0.39 is 0 Å². The Labute approximate surface area is 107 Å². The van der Waals surface area contributed by atoms with E-state index in [-0.39, 0.29) is 11.6 Å². The summed E-state index contributed by atoms with van der Waals surface area (Å²) in [6, 6.07) is 3.41. The van der Waals surface area contributed by atoms with Gasteiger partial charge in [-0.05, 0) is 45.2 Å². The molecule has 5 heteroatoms. The van der Waals surface area contributed by atoms with Gasteiger partial charge in [-0.1, -0.05) is 0 Å². The molecule has 0 bridgehead atoms. The van der Waals surface area contributed by atoms with Crippen molar-refractivity contribution >= 4 is 11.8 Å². The number of methoxy groups -OCH3 is 1. The smallest absolute Gasteiger partial charge is 0.320 e. The standard InChI is InChI=1S/C13H19N3O2/c1-9-5-6-10(18-3)11(14-9)15-12(17)16-13(2)7-4-8-13/h5-6H,4,7-8H2,1-3H3,(H2,14,15,16,17). The molecule has 5 nitrogen and oxygen atoms in total. The lowest BCUT2D eigenvalue weighted by Crippen LogP contribution is -2.52. The van der Waals surface area contributed by atoms with Gasteiger partial charge < -0.3 is 10.1 Å². The molecule has 0 unspecified atom stereocenters. The van der Waals surface area contributed by atoms with E-state index in [2.05, 4.69) is 22.5 Å². The van der Waals surface area contributed by atoms with Crippen molar-refractivity contribution in [3.63, 3.8) is 0 Å². The van der Waals surface area contributed by atoms with Gasteiger partial charge in [0.15, 0.2) is 11.6 Å². The summed E-state index contributed by atoms with van der Waals surface area (Å²) in [5, 5.41) is 5.71. The third-order valence-corrected chi connectivity index (χ3v) is 3.32. The number of amides is 2. The molecule has 1 aliphatic carbocycles. The minimum Gasteiger partial charge on any atom is -0.493 e. The molecule has 0 atom stereocenters. The van der Waals surface area contributed by atoms with Gasteiger partial charge in [-0.15, -0.1) is 0 Å². The molecule has 0 saturated heterocycles. The highest BCUT2D eigenvalue weighted by molar-refractivity contribution is 5.90. The predicted octanol–water partition coefficient (Wildman–Crippen LogP) is 2.46. The molecule has 98 valence electrons. The fraction of sp³-hybridized carbons (Fsp3) is 0.538. The Balaban J connectivity index is 2.04. The summed E-state index contributed by atoms with van der Waals surface area (Å²) in [4.78, 5) is 16.1. The van der Waals surface area contributed by atoms with Crippen LogP contribution in [-0.4, -0.2) is 23.7 Å². The summed E-state index contributed by atoms with van der Waals surface area (Å²) < 4.78 is 5.17. The number of aryl methyl sites for hydroxylation is 1. The molecule has 1 saturated carbocycles. The van der Waals surface area contributed by atoms with Crippen LogP contribution in [0, 0.1) is 6.92 Å². The highest BCUT2D eigenvalue weighted by Gasteiger charge is 2.33. The molecule has 1 fully saturated rings. The Bertz CT molecular complexity index is 456. The second kappa shape index (κ2) is 4.84. The van der Waals surface area contributed by atoms with Crippen molar-refractivity contribution in [1.29, 1.82) is 0 Å². The number of ether oxygens (including phenoxy) is 1. The number of carbonyl (C=O) groups excluding carboxylic acids is 1. The number of hydrogen-bond donors (Lipinski definition) is 2. The Hall–Kier alpha value is -1.78. The minimum atomic E-state index is -0.228. The number of nitrogens with one attached hydrogen (secondary N) is 2. The number of rotatable bonds is 3. The first-order valence-electron chi connectivity index (χ1n) is 6.13. The zero-order valence-corrected chi connectivity index (χ0v) is 11.0. The molecule has 0 spiro atoms. The van der Waals surface area contributed by atoms with Gasteiger partial charge in [-0.3, -0.25) is 5.32 Å². The molecular formula is C13H19N3O2. The Morgan fingerprint density at radius 1 is 1.44 bits per heavy atom. The van der Waals surface area contributed by atoms with Crippen LogP contribution in [0.2, 0.25) is 0 Å². The second-order valence-corrected chi connectivity index (χ2v) is 5.00. The molecule has 1 heterocycles. The van der Waals surface area contributed by atoms with E-state index in [1.54, 1.807) is 13.2 Å². The van der Waals surface area contributed by atoms with Gasteiger partial charge in [0.05, 0.1) is 7.11 Å². The third-order valence-electron chi connectivity index (χ3n) is 3.32. The van der Waals surface area contributed by atoms with E-state index in [1.165, 1.54) is 6.42 Å². The summed E-state index contributed by atoms with van der Waals surface area (Å²) in [6.45, 7) is 3.92. The van der Waals surface area contributed by atoms with Crippen molar-refractivity contribution in [3.8, 4) is 5.75 Å². The van der Waals surface area contributed by atoms with Crippen molar-refractivity contribution in [2.75, 3.05) is 12.4 Å². The van der Waals surface area contributed by atoms with Crippen molar-refractivity contribution in [2.24, 2.45) is 0 Å². The first kappa shape index (κ1) is 12.7. The third kappa shape index (κ3) is 2.72. The van der Waals surface area contributed by atoms with Crippen molar-refractivity contribution in [1.82, 2.24) is 10.3 Å². The summed E-state index contributed by atoms with van der Waals surface area (Å²) >= 11 is 0. The van der Waals surface area contributed by atoms with Gasteiger partial charge in [0.25, 0.3) is 0 Å². The zero-order chi connectivity index (χ0) is 13.2. The van der Waals surface area contributed by atoms with Crippen LogP contribution in [0.4, 0.5) is 10.6 Å². The molecular weight excluding hydrogens is 230 g/mol. The maximum atomic E-state index is 11.9. The average Bonchev–Trinajstić information content (AvgIpc) is 2.27. The first-order valence-corrected chi connectivity index (χ1v) is 6.13. The SMILES string of the molecule is COc1ccc(C)nc1NC(=O)NC1(C)CCC1. The van der Waals surface area contributed by atoms with E-state index in [0.717, 1.165) is 18.5 Å². The number of aromatic nitrogens is 1. The quantitative estimate of drug-likeness (QED) is 0.865. The van der Waals surface area contributed by atoms with Crippen LogP contribution in [-0.2, 0) is 0 Å². The molecule has 0 aliphatic heterocycles. The molecule has 0 aromatic carbocycles. The molecule has 1 aromatic heterocycles. The average molecular weight is 249 g/mol. The lowest BCUT2D eigenvalue weighted by Gasteiger charge is -2.38. The van der Waals surface area contributed by atoms with Crippen LogP contribution in [0.15, 0.2) is 12.1 Å². The Kier molecular flexibility index (Phi) is 3.41. The Morgan fingerprint density at radius 3 is 2.72 bits per heavy atom. The monoisotopic (exact) mass is 249 g/mol. The van der Waals surface area contributed by atoms with Crippen molar-refractivity contribution in [3.05, 3.63) is 17.8 Å². The highest BCUT2D eigenvalue weighted by atomic mass is 16.5. The zero-order valence-electron chi connectivity index (χ0n) is 11.0.